The molecule has 1 heterocycles. The number of hydrogen-bond donors (Lipinski definition) is 2. The minimum Gasteiger partial charge on any atom is -0.508 e. The standard InChI is InChI=1S/C12H17BrN2O.ClH/c1-9-7-15(5-4-14-9)8-10-6-11(16)2-3-12(10)13;/h2-3,6,9,14,16H,4-5,7-8H2,1H3;1H. The first-order chi connectivity index (χ1) is 7.65. The quantitative estimate of drug-likeness (QED) is 0.878. The van der Waals surface area contributed by atoms with Gasteiger partial charge in [-0.3, -0.25) is 4.90 Å². The fourth-order valence-electron chi connectivity index (χ4n) is 2.08. The van der Waals surface area contributed by atoms with Gasteiger partial charge in [0.05, 0.1) is 0 Å². The van der Waals surface area contributed by atoms with Gasteiger partial charge in [0.15, 0.2) is 0 Å². The summed E-state index contributed by atoms with van der Waals surface area (Å²) in [6, 6.07) is 5.98. The molecular formula is C12H18BrClN2O. The molecule has 1 atom stereocenters. The van der Waals surface area contributed by atoms with Crippen LogP contribution in [-0.2, 0) is 6.54 Å². The van der Waals surface area contributed by atoms with Crippen molar-refractivity contribution in [3.05, 3.63) is 28.2 Å². The predicted octanol–water partition coefficient (Wildman–Crippen LogP) is 2.37. The number of phenolic OH excluding ortho intramolecular Hbond substituents is 1. The van der Waals surface area contributed by atoms with Gasteiger partial charge in [-0.2, -0.15) is 0 Å². The van der Waals surface area contributed by atoms with Crippen LogP contribution in [0.15, 0.2) is 22.7 Å². The van der Waals surface area contributed by atoms with E-state index in [0.29, 0.717) is 11.8 Å². The van der Waals surface area contributed by atoms with Crippen LogP contribution in [0.25, 0.3) is 0 Å². The highest BCUT2D eigenvalue weighted by atomic mass is 79.9. The Balaban J connectivity index is 0.00000144. The fraction of sp³-hybridized carbons (Fsp3) is 0.500. The summed E-state index contributed by atoms with van der Waals surface area (Å²) in [6.45, 7) is 6.25. The molecule has 96 valence electrons. The molecule has 3 nitrogen and oxygen atoms in total. The van der Waals surface area contributed by atoms with Crippen LogP contribution in [-0.4, -0.2) is 35.7 Å². The topological polar surface area (TPSA) is 35.5 Å². The van der Waals surface area contributed by atoms with Crippen molar-refractivity contribution in [1.29, 1.82) is 0 Å². The third kappa shape index (κ3) is 4.14. The predicted molar refractivity (Wildman–Crippen MR) is 75.8 cm³/mol. The number of nitrogens with one attached hydrogen (secondary N) is 1. The van der Waals surface area contributed by atoms with Crippen molar-refractivity contribution < 1.29 is 5.11 Å². The summed E-state index contributed by atoms with van der Waals surface area (Å²) in [5.41, 5.74) is 1.15. The molecule has 0 bridgehead atoms. The first-order valence-corrected chi connectivity index (χ1v) is 6.37. The van der Waals surface area contributed by atoms with Gasteiger partial charge in [-0.25, -0.2) is 0 Å². The van der Waals surface area contributed by atoms with Gasteiger partial charge in [-0.1, -0.05) is 15.9 Å². The molecule has 1 aromatic rings. The monoisotopic (exact) mass is 320 g/mol. The Bertz CT molecular complexity index is 376. The Morgan fingerprint density at radius 1 is 1.53 bits per heavy atom. The second-order valence-electron chi connectivity index (χ2n) is 4.37. The third-order valence-corrected chi connectivity index (χ3v) is 3.65. The zero-order valence-electron chi connectivity index (χ0n) is 9.82. The Kier molecular flexibility index (Phi) is 5.73. The van der Waals surface area contributed by atoms with Gasteiger partial charge in [-0.15, -0.1) is 12.4 Å². The van der Waals surface area contributed by atoms with Gasteiger partial charge in [0.2, 0.25) is 0 Å². The van der Waals surface area contributed by atoms with Crippen LogP contribution >= 0.6 is 28.3 Å². The van der Waals surface area contributed by atoms with E-state index in [2.05, 4.69) is 33.1 Å². The van der Waals surface area contributed by atoms with E-state index in [-0.39, 0.29) is 12.4 Å². The number of hydrogen-bond acceptors (Lipinski definition) is 3. The number of aromatic hydroxyl groups is 1. The highest BCUT2D eigenvalue weighted by molar-refractivity contribution is 9.10. The third-order valence-electron chi connectivity index (χ3n) is 2.88. The van der Waals surface area contributed by atoms with E-state index in [1.54, 1.807) is 6.07 Å². The van der Waals surface area contributed by atoms with Crippen LogP contribution in [0.4, 0.5) is 0 Å². The number of piperazine rings is 1. The van der Waals surface area contributed by atoms with Gasteiger partial charge in [0.1, 0.15) is 5.75 Å². The molecule has 2 rings (SSSR count). The molecule has 1 unspecified atom stereocenters. The van der Waals surface area contributed by atoms with E-state index in [0.717, 1.165) is 36.2 Å². The average Bonchev–Trinajstić information content (AvgIpc) is 2.24. The lowest BCUT2D eigenvalue weighted by molar-refractivity contribution is 0.199. The maximum Gasteiger partial charge on any atom is 0.115 e. The number of nitrogens with zero attached hydrogens (tertiary/aromatic N) is 1. The van der Waals surface area contributed by atoms with E-state index < -0.39 is 0 Å². The van der Waals surface area contributed by atoms with Crippen molar-refractivity contribution in [1.82, 2.24) is 10.2 Å². The summed E-state index contributed by atoms with van der Waals surface area (Å²) in [7, 11) is 0. The lowest BCUT2D eigenvalue weighted by Gasteiger charge is -2.32. The normalized spacial score (nSPS) is 20.9. The molecule has 0 saturated carbocycles. The molecule has 5 heteroatoms. The number of halogens is 2. The largest absolute Gasteiger partial charge is 0.508 e. The molecule has 0 amide bonds. The summed E-state index contributed by atoms with van der Waals surface area (Å²) in [4.78, 5) is 2.40. The van der Waals surface area contributed by atoms with Crippen LogP contribution in [0.3, 0.4) is 0 Å². The summed E-state index contributed by atoms with van der Waals surface area (Å²) in [5.74, 6) is 0.335. The van der Waals surface area contributed by atoms with Gasteiger partial charge < -0.3 is 10.4 Å². The van der Waals surface area contributed by atoms with E-state index in [1.165, 1.54) is 0 Å². The van der Waals surface area contributed by atoms with E-state index in [4.69, 9.17) is 0 Å². The molecule has 1 aliphatic rings. The van der Waals surface area contributed by atoms with Crippen molar-refractivity contribution in [2.24, 2.45) is 0 Å². The number of benzene rings is 1. The highest BCUT2D eigenvalue weighted by Gasteiger charge is 2.16. The summed E-state index contributed by atoms with van der Waals surface area (Å²) in [5, 5.41) is 12.9. The van der Waals surface area contributed by atoms with E-state index in [9.17, 15) is 5.11 Å². The van der Waals surface area contributed by atoms with Crippen LogP contribution in [0, 0.1) is 0 Å². The van der Waals surface area contributed by atoms with Crippen molar-refractivity contribution >= 4 is 28.3 Å². The smallest absolute Gasteiger partial charge is 0.115 e. The fourth-order valence-corrected chi connectivity index (χ4v) is 2.45. The second-order valence-corrected chi connectivity index (χ2v) is 5.22. The average molecular weight is 322 g/mol. The van der Waals surface area contributed by atoms with Crippen LogP contribution in [0.1, 0.15) is 12.5 Å². The second kappa shape index (κ2) is 6.59. The first-order valence-electron chi connectivity index (χ1n) is 5.58. The van der Waals surface area contributed by atoms with Crippen molar-refractivity contribution in [3.8, 4) is 5.75 Å². The first kappa shape index (κ1) is 14.8. The summed E-state index contributed by atoms with van der Waals surface area (Å²) < 4.78 is 1.07. The molecule has 17 heavy (non-hydrogen) atoms. The van der Waals surface area contributed by atoms with Crippen molar-refractivity contribution in [3.63, 3.8) is 0 Å². The van der Waals surface area contributed by atoms with Crippen molar-refractivity contribution in [2.75, 3.05) is 19.6 Å². The van der Waals surface area contributed by atoms with Crippen LogP contribution in [0.2, 0.25) is 0 Å². The van der Waals surface area contributed by atoms with Gasteiger partial charge in [-0.05, 0) is 30.7 Å². The van der Waals surface area contributed by atoms with Gasteiger partial charge in [0.25, 0.3) is 0 Å². The number of phenols is 1. The number of rotatable bonds is 2. The Morgan fingerprint density at radius 3 is 3.00 bits per heavy atom. The zero-order valence-corrected chi connectivity index (χ0v) is 12.2. The molecule has 0 radical (unpaired) electrons. The molecule has 1 fully saturated rings. The van der Waals surface area contributed by atoms with Crippen LogP contribution < -0.4 is 5.32 Å². The molecule has 1 aliphatic heterocycles. The minimum atomic E-state index is 0. The Hall–Kier alpha value is -0.290. The van der Waals surface area contributed by atoms with Gasteiger partial charge in [0, 0.05) is 36.7 Å². The zero-order chi connectivity index (χ0) is 11.5. The molecule has 1 saturated heterocycles. The highest BCUT2D eigenvalue weighted by Crippen LogP contribution is 2.23. The lowest BCUT2D eigenvalue weighted by Crippen LogP contribution is -2.48. The summed E-state index contributed by atoms with van der Waals surface area (Å²) >= 11 is 3.52. The molecule has 0 aromatic heterocycles. The molecule has 0 aliphatic carbocycles. The SMILES string of the molecule is CC1CN(Cc2cc(O)ccc2Br)CCN1.Cl. The van der Waals surface area contributed by atoms with Crippen molar-refractivity contribution in [2.45, 2.75) is 19.5 Å². The van der Waals surface area contributed by atoms with E-state index in [1.807, 2.05) is 12.1 Å². The molecular weight excluding hydrogens is 304 g/mol. The lowest BCUT2D eigenvalue weighted by atomic mass is 10.1. The Morgan fingerprint density at radius 2 is 2.29 bits per heavy atom. The van der Waals surface area contributed by atoms with E-state index >= 15 is 0 Å². The Labute approximate surface area is 117 Å². The summed E-state index contributed by atoms with van der Waals surface area (Å²) in [6.07, 6.45) is 0. The molecule has 0 spiro atoms. The van der Waals surface area contributed by atoms with Gasteiger partial charge >= 0.3 is 0 Å². The maximum absolute atomic E-state index is 9.47. The molecule has 2 N–H and O–H groups in total. The van der Waals surface area contributed by atoms with Crippen LogP contribution in [0.5, 0.6) is 5.75 Å². The minimum absolute atomic E-state index is 0. The maximum atomic E-state index is 9.47. The molecule has 1 aromatic carbocycles.